The van der Waals surface area contributed by atoms with E-state index in [1.165, 1.54) is 0 Å². The quantitative estimate of drug-likeness (QED) is 0.691. The van der Waals surface area contributed by atoms with E-state index in [0.29, 0.717) is 19.5 Å². The maximum atomic E-state index is 13.0. The number of hydrogen-bond acceptors (Lipinski definition) is 2. The number of alkyl halides is 2. The van der Waals surface area contributed by atoms with E-state index in [9.17, 15) is 8.78 Å². The van der Waals surface area contributed by atoms with Gasteiger partial charge in [-0.25, -0.2) is 8.78 Å². The number of halogens is 2. The van der Waals surface area contributed by atoms with Crippen molar-refractivity contribution >= 4 is 0 Å². The zero-order valence-corrected chi connectivity index (χ0v) is 7.61. The average molecular weight is 178 g/mol. The van der Waals surface area contributed by atoms with E-state index in [1.54, 1.807) is 0 Å². The highest BCUT2D eigenvalue weighted by atomic mass is 19.3. The van der Waals surface area contributed by atoms with E-state index < -0.39 is 12.0 Å². The van der Waals surface area contributed by atoms with Crippen molar-refractivity contribution in [2.45, 2.75) is 24.8 Å². The maximum absolute atomic E-state index is 13.0. The fraction of sp³-hybridized carbons (Fsp3) is 1.00. The molecular formula is C8H16F2N2. The van der Waals surface area contributed by atoms with E-state index >= 15 is 0 Å². The summed E-state index contributed by atoms with van der Waals surface area (Å²) >= 11 is 0. The molecule has 1 aliphatic rings. The van der Waals surface area contributed by atoms with E-state index in [4.69, 9.17) is 0 Å². The Kier molecular flexibility index (Phi) is 3.01. The first-order valence-electron chi connectivity index (χ1n) is 4.28. The van der Waals surface area contributed by atoms with Gasteiger partial charge in [0.25, 0.3) is 5.92 Å². The van der Waals surface area contributed by atoms with Crippen molar-refractivity contribution in [3.8, 4) is 0 Å². The van der Waals surface area contributed by atoms with Crippen LogP contribution < -0.4 is 5.32 Å². The summed E-state index contributed by atoms with van der Waals surface area (Å²) in [5.74, 6) is -2.49. The smallest absolute Gasteiger partial charge is 0.264 e. The molecular weight excluding hydrogens is 162 g/mol. The molecule has 72 valence electrons. The molecule has 0 spiro atoms. The first-order valence-corrected chi connectivity index (χ1v) is 4.28. The summed E-state index contributed by atoms with van der Waals surface area (Å²) in [6.07, 6.45) is 0.519. The average Bonchev–Trinajstić information content (AvgIpc) is 2.25. The number of rotatable bonds is 3. The van der Waals surface area contributed by atoms with Crippen LogP contribution in [0.3, 0.4) is 0 Å². The van der Waals surface area contributed by atoms with Crippen LogP contribution in [0.25, 0.3) is 0 Å². The molecule has 1 heterocycles. The molecule has 2 nitrogen and oxygen atoms in total. The lowest BCUT2D eigenvalue weighted by molar-refractivity contribution is -0.0145. The van der Waals surface area contributed by atoms with Gasteiger partial charge < -0.3 is 10.2 Å². The third kappa shape index (κ3) is 2.38. The van der Waals surface area contributed by atoms with Crippen LogP contribution >= 0.6 is 0 Å². The molecule has 0 radical (unpaired) electrons. The van der Waals surface area contributed by atoms with Crippen molar-refractivity contribution in [2.75, 3.05) is 27.2 Å². The number of nitrogens with zero attached hydrogens (tertiary/aromatic N) is 1. The SMILES string of the molecule is CN(C)CCC1NCCC1(F)F. The minimum Gasteiger partial charge on any atom is -0.309 e. The lowest BCUT2D eigenvalue weighted by Gasteiger charge is -2.20. The van der Waals surface area contributed by atoms with E-state index in [-0.39, 0.29) is 6.42 Å². The lowest BCUT2D eigenvalue weighted by atomic mass is 10.1. The van der Waals surface area contributed by atoms with E-state index in [1.807, 2.05) is 19.0 Å². The summed E-state index contributed by atoms with van der Waals surface area (Å²) in [5.41, 5.74) is 0. The van der Waals surface area contributed by atoms with Crippen LogP contribution in [0.4, 0.5) is 8.78 Å². The third-order valence-corrected chi connectivity index (χ3v) is 2.22. The van der Waals surface area contributed by atoms with Gasteiger partial charge in [-0.1, -0.05) is 0 Å². The highest BCUT2D eigenvalue weighted by Gasteiger charge is 2.42. The van der Waals surface area contributed by atoms with Gasteiger partial charge in [0, 0.05) is 13.0 Å². The summed E-state index contributed by atoms with van der Waals surface area (Å²) in [6.45, 7) is 1.17. The molecule has 1 saturated heterocycles. The molecule has 0 saturated carbocycles. The second kappa shape index (κ2) is 3.66. The monoisotopic (exact) mass is 178 g/mol. The van der Waals surface area contributed by atoms with Crippen LogP contribution in [0, 0.1) is 0 Å². The van der Waals surface area contributed by atoms with Crippen molar-refractivity contribution < 1.29 is 8.78 Å². The molecule has 1 N–H and O–H groups in total. The van der Waals surface area contributed by atoms with Crippen molar-refractivity contribution in [3.63, 3.8) is 0 Å². The fourth-order valence-corrected chi connectivity index (χ4v) is 1.44. The Labute approximate surface area is 71.9 Å². The third-order valence-electron chi connectivity index (χ3n) is 2.22. The predicted octanol–water partition coefficient (Wildman–Crippen LogP) is 0.935. The minimum atomic E-state index is -2.49. The summed E-state index contributed by atoms with van der Waals surface area (Å²) in [4.78, 5) is 1.93. The highest BCUT2D eigenvalue weighted by Crippen LogP contribution is 2.29. The lowest BCUT2D eigenvalue weighted by Crippen LogP contribution is -2.37. The second-order valence-electron chi connectivity index (χ2n) is 3.61. The Morgan fingerprint density at radius 3 is 2.58 bits per heavy atom. The summed E-state index contributed by atoms with van der Waals surface area (Å²) in [7, 11) is 3.79. The minimum absolute atomic E-state index is 0.00883. The number of hydrogen-bond donors (Lipinski definition) is 1. The summed E-state index contributed by atoms with van der Waals surface area (Å²) < 4.78 is 26.0. The first-order chi connectivity index (χ1) is 5.52. The second-order valence-corrected chi connectivity index (χ2v) is 3.61. The molecule has 12 heavy (non-hydrogen) atoms. The molecule has 0 aromatic carbocycles. The summed E-state index contributed by atoms with van der Waals surface area (Å²) in [6, 6.07) is -0.611. The zero-order chi connectivity index (χ0) is 9.19. The van der Waals surface area contributed by atoms with Crippen LogP contribution in [0.2, 0.25) is 0 Å². The van der Waals surface area contributed by atoms with Crippen LogP contribution in [0.5, 0.6) is 0 Å². The molecule has 1 rings (SSSR count). The van der Waals surface area contributed by atoms with Gasteiger partial charge in [0.2, 0.25) is 0 Å². The predicted molar refractivity (Wildman–Crippen MR) is 44.5 cm³/mol. The Bertz CT molecular complexity index is 148. The molecule has 1 fully saturated rings. The Morgan fingerprint density at radius 2 is 2.17 bits per heavy atom. The molecule has 1 unspecified atom stereocenters. The van der Waals surface area contributed by atoms with E-state index in [2.05, 4.69) is 5.32 Å². The largest absolute Gasteiger partial charge is 0.309 e. The van der Waals surface area contributed by atoms with Gasteiger partial charge in [-0.2, -0.15) is 0 Å². The molecule has 0 aromatic heterocycles. The molecule has 0 amide bonds. The van der Waals surface area contributed by atoms with Gasteiger partial charge in [0.05, 0.1) is 6.04 Å². The van der Waals surface area contributed by atoms with Crippen LogP contribution in [-0.4, -0.2) is 44.0 Å². The number of nitrogens with one attached hydrogen (secondary N) is 1. The maximum Gasteiger partial charge on any atom is 0.264 e. The molecule has 1 atom stereocenters. The van der Waals surface area contributed by atoms with E-state index in [0.717, 1.165) is 0 Å². The van der Waals surface area contributed by atoms with Gasteiger partial charge in [-0.3, -0.25) is 0 Å². The van der Waals surface area contributed by atoms with Crippen molar-refractivity contribution in [1.29, 1.82) is 0 Å². The van der Waals surface area contributed by atoms with Crippen molar-refractivity contribution in [3.05, 3.63) is 0 Å². The zero-order valence-electron chi connectivity index (χ0n) is 7.61. The van der Waals surface area contributed by atoms with Gasteiger partial charge in [0.15, 0.2) is 0 Å². The van der Waals surface area contributed by atoms with Gasteiger partial charge >= 0.3 is 0 Å². The van der Waals surface area contributed by atoms with Gasteiger partial charge in [0.1, 0.15) is 0 Å². The highest BCUT2D eigenvalue weighted by molar-refractivity contribution is 4.90. The van der Waals surface area contributed by atoms with Crippen LogP contribution in [0.15, 0.2) is 0 Å². The topological polar surface area (TPSA) is 15.3 Å². The Morgan fingerprint density at radius 1 is 1.50 bits per heavy atom. The van der Waals surface area contributed by atoms with Gasteiger partial charge in [-0.05, 0) is 27.1 Å². The first kappa shape index (κ1) is 9.86. The normalized spacial score (nSPS) is 28.2. The van der Waals surface area contributed by atoms with Crippen molar-refractivity contribution in [1.82, 2.24) is 10.2 Å². The Hall–Kier alpha value is -0.220. The fourth-order valence-electron chi connectivity index (χ4n) is 1.44. The summed E-state index contributed by atoms with van der Waals surface area (Å²) in [5, 5.41) is 2.83. The molecule has 1 aliphatic heterocycles. The van der Waals surface area contributed by atoms with Crippen LogP contribution in [0.1, 0.15) is 12.8 Å². The van der Waals surface area contributed by atoms with Gasteiger partial charge in [-0.15, -0.1) is 0 Å². The molecule has 4 heteroatoms. The standard InChI is InChI=1S/C8H16F2N2/c1-12(2)6-3-7-8(9,10)4-5-11-7/h7,11H,3-6H2,1-2H3. The van der Waals surface area contributed by atoms with Crippen LogP contribution in [-0.2, 0) is 0 Å². The Balaban J connectivity index is 2.32. The van der Waals surface area contributed by atoms with Crippen molar-refractivity contribution in [2.24, 2.45) is 0 Å². The molecule has 0 aromatic rings. The molecule has 0 aliphatic carbocycles. The molecule has 0 bridgehead atoms.